The fourth-order valence-electron chi connectivity index (χ4n) is 1.72. The van der Waals surface area contributed by atoms with Crippen LogP contribution in [0.1, 0.15) is 85.0 Å². The Morgan fingerprint density at radius 3 is 1.62 bits per heavy atom. The molecule has 146 valence electrons. The SMILES string of the molecule is CCCCCCOOCCCCCC.CCCCOC(=O)COO. The maximum Gasteiger partial charge on any atom is 0.335 e. The van der Waals surface area contributed by atoms with Crippen LogP contribution in [-0.2, 0) is 24.2 Å². The summed E-state index contributed by atoms with van der Waals surface area (Å²) in [5.41, 5.74) is 0. The molecule has 0 spiro atoms. The summed E-state index contributed by atoms with van der Waals surface area (Å²) in [6.07, 6.45) is 11.8. The van der Waals surface area contributed by atoms with Crippen molar-refractivity contribution in [3.05, 3.63) is 0 Å². The van der Waals surface area contributed by atoms with Gasteiger partial charge in [0.05, 0.1) is 19.8 Å². The van der Waals surface area contributed by atoms with Crippen molar-refractivity contribution < 1.29 is 29.5 Å². The van der Waals surface area contributed by atoms with Gasteiger partial charge in [0.15, 0.2) is 6.61 Å². The van der Waals surface area contributed by atoms with Crippen LogP contribution < -0.4 is 0 Å². The third kappa shape index (κ3) is 26.2. The molecular formula is C18H38O6. The molecular weight excluding hydrogens is 312 g/mol. The van der Waals surface area contributed by atoms with Crippen molar-refractivity contribution in [3.8, 4) is 0 Å². The molecule has 0 rings (SSSR count). The Balaban J connectivity index is 0. The number of unbranched alkanes of at least 4 members (excludes halogenated alkanes) is 7. The van der Waals surface area contributed by atoms with Gasteiger partial charge in [0.1, 0.15) is 0 Å². The molecule has 0 aromatic rings. The van der Waals surface area contributed by atoms with E-state index >= 15 is 0 Å². The smallest absolute Gasteiger partial charge is 0.335 e. The van der Waals surface area contributed by atoms with Crippen LogP contribution in [0.5, 0.6) is 0 Å². The van der Waals surface area contributed by atoms with Crippen LogP contribution in [0.4, 0.5) is 0 Å². The molecule has 0 aliphatic carbocycles. The molecule has 0 radical (unpaired) electrons. The van der Waals surface area contributed by atoms with Gasteiger partial charge >= 0.3 is 5.97 Å². The van der Waals surface area contributed by atoms with Gasteiger partial charge in [-0.2, -0.15) is 0 Å². The molecule has 0 saturated carbocycles. The van der Waals surface area contributed by atoms with E-state index in [-0.39, 0.29) is 6.61 Å². The van der Waals surface area contributed by atoms with Crippen LogP contribution in [-0.4, -0.2) is 37.7 Å². The normalized spacial score (nSPS) is 10.2. The lowest BCUT2D eigenvalue weighted by Gasteiger charge is -2.03. The summed E-state index contributed by atoms with van der Waals surface area (Å²) < 4.78 is 4.60. The number of carbonyl (C=O) groups is 1. The monoisotopic (exact) mass is 350 g/mol. The molecule has 6 nitrogen and oxygen atoms in total. The van der Waals surface area contributed by atoms with E-state index in [2.05, 4.69) is 23.5 Å². The molecule has 0 unspecified atom stereocenters. The Kier molecular flexibility index (Phi) is 26.1. The van der Waals surface area contributed by atoms with Crippen molar-refractivity contribution >= 4 is 5.97 Å². The predicted molar refractivity (Wildman–Crippen MR) is 94.6 cm³/mol. The summed E-state index contributed by atoms with van der Waals surface area (Å²) in [5, 5.41) is 7.79. The summed E-state index contributed by atoms with van der Waals surface area (Å²) in [7, 11) is 0. The minimum atomic E-state index is -0.532. The van der Waals surface area contributed by atoms with Crippen molar-refractivity contribution in [3.63, 3.8) is 0 Å². The number of rotatable bonds is 16. The molecule has 0 aromatic heterocycles. The van der Waals surface area contributed by atoms with Crippen LogP contribution in [0.15, 0.2) is 0 Å². The molecule has 0 aliphatic heterocycles. The van der Waals surface area contributed by atoms with Crippen LogP contribution in [0.2, 0.25) is 0 Å². The molecule has 6 heteroatoms. The lowest BCUT2D eigenvalue weighted by atomic mass is 10.2. The number of carbonyl (C=O) groups excluding carboxylic acids is 1. The average Bonchev–Trinajstić information content (AvgIpc) is 2.58. The fraction of sp³-hybridized carbons (Fsp3) is 0.944. The maximum atomic E-state index is 10.4. The number of hydrogen-bond donors (Lipinski definition) is 1. The highest BCUT2D eigenvalue weighted by Crippen LogP contribution is 2.01. The van der Waals surface area contributed by atoms with Gasteiger partial charge in [-0.3, -0.25) is 5.26 Å². The lowest BCUT2D eigenvalue weighted by molar-refractivity contribution is -0.295. The van der Waals surface area contributed by atoms with E-state index in [1.54, 1.807) is 0 Å². The van der Waals surface area contributed by atoms with Crippen molar-refractivity contribution in [2.24, 2.45) is 0 Å². The zero-order chi connectivity index (χ0) is 18.3. The van der Waals surface area contributed by atoms with Gasteiger partial charge in [-0.05, 0) is 19.3 Å². The lowest BCUT2D eigenvalue weighted by Crippen LogP contribution is -2.11. The number of esters is 1. The second kappa shape index (κ2) is 24.6. The van der Waals surface area contributed by atoms with E-state index in [1.807, 2.05) is 6.92 Å². The Bertz CT molecular complexity index is 224. The van der Waals surface area contributed by atoms with Crippen molar-refractivity contribution in [2.45, 2.75) is 85.0 Å². The largest absolute Gasteiger partial charge is 0.464 e. The fourth-order valence-corrected chi connectivity index (χ4v) is 1.72. The molecule has 0 saturated heterocycles. The molecule has 0 amide bonds. The van der Waals surface area contributed by atoms with Gasteiger partial charge in [-0.15, -0.1) is 0 Å². The van der Waals surface area contributed by atoms with Crippen LogP contribution >= 0.6 is 0 Å². The minimum Gasteiger partial charge on any atom is -0.464 e. The van der Waals surface area contributed by atoms with Crippen LogP contribution in [0.3, 0.4) is 0 Å². The van der Waals surface area contributed by atoms with Crippen molar-refractivity contribution in [1.29, 1.82) is 0 Å². The van der Waals surface area contributed by atoms with Gasteiger partial charge in [-0.1, -0.05) is 65.7 Å². The molecule has 1 N–H and O–H groups in total. The Morgan fingerprint density at radius 2 is 1.21 bits per heavy atom. The number of hydrogen-bond acceptors (Lipinski definition) is 6. The molecule has 0 fully saturated rings. The summed E-state index contributed by atoms with van der Waals surface area (Å²) in [4.78, 5) is 24.1. The van der Waals surface area contributed by atoms with Gasteiger partial charge < -0.3 is 4.74 Å². The predicted octanol–water partition coefficient (Wildman–Crippen LogP) is 4.91. The summed E-state index contributed by atoms with van der Waals surface area (Å²) in [6.45, 7) is 7.95. The number of ether oxygens (including phenoxy) is 1. The van der Waals surface area contributed by atoms with E-state index in [1.165, 1.54) is 38.5 Å². The van der Waals surface area contributed by atoms with E-state index in [9.17, 15) is 4.79 Å². The van der Waals surface area contributed by atoms with E-state index < -0.39 is 5.97 Å². The van der Waals surface area contributed by atoms with Crippen molar-refractivity contribution in [1.82, 2.24) is 0 Å². The van der Waals surface area contributed by atoms with Gasteiger partial charge in [0.2, 0.25) is 0 Å². The Labute approximate surface area is 147 Å². The molecule has 0 heterocycles. The first-order valence-electron chi connectivity index (χ1n) is 9.39. The first-order valence-corrected chi connectivity index (χ1v) is 9.39. The first-order chi connectivity index (χ1) is 11.7. The van der Waals surface area contributed by atoms with Gasteiger partial charge in [0, 0.05) is 0 Å². The quantitative estimate of drug-likeness (QED) is 0.184. The Morgan fingerprint density at radius 1 is 0.708 bits per heavy atom. The molecule has 0 aliphatic rings. The maximum absolute atomic E-state index is 10.4. The molecule has 0 bridgehead atoms. The first kappa shape index (κ1) is 25.5. The highest BCUT2D eigenvalue weighted by atomic mass is 17.2. The standard InChI is InChI=1S/C12H26O2.C6H12O4/c1-3-5-7-9-11-13-14-12-10-8-6-4-2;1-2-3-4-9-6(7)5-10-8/h3-12H2,1-2H3;8H,2-5H2,1H3. The molecule has 0 atom stereocenters. The van der Waals surface area contributed by atoms with Crippen LogP contribution in [0, 0.1) is 0 Å². The second-order valence-electron chi connectivity index (χ2n) is 5.61. The molecule has 0 aromatic carbocycles. The zero-order valence-electron chi connectivity index (χ0n) is 15.9. The zero-order valence-corrected chi connectivity index (χ0v) is 15.9. The Hall–Kier alpha value is -0.690. The van der Waals surface area contributed by atoms with Crippen LogP contribution in [0.25, 0.3) is 0 Å². The van der Waals surface area contributed by atoms with E-state index in [0.29, 0.717) is 6.61 Å². The minimum absolute atomic E-state index is 0.385. The third-order valence-electron chi connectivity index (χ3n) is 3.19. The third-order valence-corrected chi connectivity index (χ3v) is 3.19. The molecule has 24 heavy (non-hydrogen) atoms. The summed E-state index contributed by atoms with van der Waals surface area (Å²) in [5.74, 6) is -0.532. The highest BCUT2D eigenvalue weighted by molar-refractivity contribution is 5.70. The summed E-state index contributed by atoms with van der Waals surface area (Å²) >= 11 is 0. The van der Waals surface area contributed by atoms with Gasteiger partial charge in [0.25, 0.3) is 0 Å². The highest BCUT2D eigenvalue weighted by Gasteiger charge is 1.99. The topological polar surface area (TPSA) is 74.2 Å². The average molecular weight is 350 g/mol. The summed E-state index contributed by atoms with van der Waals surface area (Å²) in [6, 6.07) is 0. The van der Waals surface area contributed by atoms with Gasteiger partial charge in [-0.25, -0.2) is 19.5 Å². The van der Waals surface area contributed by atoms with Crippen molar-refractivity contribution in [2.75, 3.05) is 26.4 Å². The van der Waals surface area contributed by atoms with E-state index in [4.69, 9.17) is 15.0 Å². The second-order valence-corrected chi connectivity index (χ2v) is 5.61. The van der Waals surface area contributed by atoms with E-state index in [0.717, 1.165) is 38.9 Å².